The molecule has 130 valence electrons. The van der Waals surface area contributed by atoms with E-state index < -0.39 is 0 Å². The molecule has 2 heterocycles. The minimum Gasteiger partial charge on any atom is -0.381 e. The van der Waals surface area contributed by atoms with Gasteiger partial charge in [-0.05, 0) is 49.1 Å². The highest BCUT2D eigenvalue weighted by Crippen LogP contribution is 2.36. The Labute approximate surface area is 148 Å². The summed E-state index contributed by atoms with van der Waals surface area (Å²) in [7, 11) is 0. The van der Waals surface area contributed by atoms with E-state index in [1.54, 1.807) is 18.3 Å². The Balaban J connectivity index is 1.70. The van der Waals surface area contributed by atoms with Crippen molar-refractivity contribution in [1.82, 2.24) is 10.3 Å². The normalized spacial score (nSPS) is 16.7. The lowest BCUT2D eigenvalue weighted by molar-refractivity contribution is -0.116. The first-order valence-electron chi connectivity index (χ1n) is 8.70. The number of rotatable bonds is 5. The van der Waals surface area contributed by atoms with Gasteiger partial charge in [0.2, 0.25) is 5.91 Å². The molecule has 0 bridgehead atoms. The number of ether oxygens (including phenoxy) is 1. The molecule has 0 saturated carbocycles. The number of aromatic nitrogens is 1. The van der Waals surface area contributed by atoms with Crippen LogP contribution in [-0.4, -0.2) is 30.6 Å². The molecular weight excluding hydrogens is 312 g/mol. The van der Waals surface area contributed by atoms with Gasteiger partial charge in [-0.1, -0.05) is 30.3 Å². The van der Waals surface area contributed by atoms with Crippen LogP contribution in [0, 0.1) is 6.92 Å². The van der Waals surface area contributed by atoms with Gasteiger partial charge in [0.05, 0.1) is 5.69 Å². The molecule has 0 atom stereocenters. The highest BCUT2D eigenvalue weighted by atomic mass is 16.5. The highest BCUT2D eigenvalue weighted by Gasteiger charge is 2.35. The molecule has 25 heavy (non-hydrogen) atoms. The van der Waals surface area contributed by atoms with Gasteiger partial charge in [-0.2, -0.15) is 0 Å². The van der Waals surface area contributed by atoms with Crippen LogP contribution in [-0.2, 0) is 14.9 Å². The van der Waals surface area contributed by atoms with Gasteiger partial charge in [-0.25, -0.2) is 0 Å². The van der Waals surface area contributed by atoms with Crippen molar-refractivity contribution in [3.8, 4) is 0 Å². The molecule has 1 N–H and O–H groups in total. The van der Waals surface area contributed by atoms with E-state index in [0.29, 0.717) is 6.54 Å². The van der Waals surface area contributed by atoms with Gasteiger partial charge in [-0.15, -0.1) is 0 Å². The van der Waals surface area contributed by atoms with Crippen LogP contribution in [0.4, 0.5) is 0 Å². The first-order chi connectivity index (χ1) is 12.2. The minimum atomic E-state index is -0.0925. The van der Waals surface area contributed by atoms with Crippen LogP contribution in [0.2, 0.25) is 0 Å². The molecule has 1 aromatic carbocycles. The molecule has 1 aliphatic heterocycles. The summed E-state index contributed by atoms with van der Waals surface area (Å²) in [6.45, 7) is 4.21. The fourth-order valence-electron chi connectivity index (χ4n) is 3.42. The summed E-state index contributed by atoms with van der Waals surface area (Å²) in [6.07, 6.45) is 6.84. The van der Waals surface area contributed by atoms with E-state index in [4.69, 9.17) is 4.74 Å². The third-order valence-corrected chi connectivity index (χ3v) is 4.86. The van der Waals surface area contributed by atoms with E-state index in [9.17, 15) is 4.79 Å². The number of nitrogens with zero attached hydrogens (tertiary/aromatic N) is 1. The van der Waals surface area contributed by atoms with Crippen molar-refractivity contribution in [3.05, 3.63) is 71.6 Å². The van der Waals surface area contributed by atoms with Gasteiger partial charge in [0, 0.05) is 37.4 Å². The average molecular weight is 336 g/mol. The monoisotopic (exact) mass is 336 g/mol. The third-order valence-electron chi connectivity index (χ3n) is 4.86. The molecule has 1 aromatic heterocycles. The number of carbonyl (C=O) groups excluding carboxylic acids is 1. The molecule has 3 rings (SSSR count). The van der Waals surface area contributed by atoms with Crippen molar-refractivity contribution in [2.45, 2.75) is 25.2 Å². The first-order valence-corrected chi connectivity index (χ1v) is 8.70. The zero-order chi connectivity index (χ0) is 17.5. The Hall–Kier alpha value is -2.46. The minimum absolute atomic E-state index is 0.0575. The Morgan fingerprint density at radius 3 is 2.68 bits per heavy atom. The second-order valence-electron chi connectivity index (χ2n) is 6.51. The molecule has 2 aromatic rings. The fraction of sp³-hybridized carbons (Fsp3) is 0.333. The zero-order valence-corrected chi connectivity index (χ0v) is 14.6. The van der Waals surface area contributed by atoms with Gasteiger partial charge >= 0.3 is 0 Å². The summed E-state index contributed by atoms with van der Waals surface area (Å²) >= 11 is 0. The summed E-state index contributed by atoms with van der Waals surface area (Å²) in [4.78, 5) is 16.5. The van der Waals surface area contributed by atoms with Crippen LogP contribution in [0.1, 0.15) is 29.7 Å². The highest BCUT2D eigenvalue weighted by molar-refractivity contribution is 5.91. The maximum Gasteiger partial charge on any atom is 0.244 e. The predicted octanol–water partition coefficient (Wildman–Crippen LogP) is 3.27. The van der Waals surface area contributed by atoms with Crippen molar-refractivity contribution >= 4 is 12.0 Å². The van der Waals surface area contributed by atoms with Gasteiger partial charge in [-0.3, -0.25) is 9.78 Å². The number of benzene rings is 1. The van der Waals surface area contributed by atoms with Crippen molar-refractivity contribution in [3.63, 3.8) is 0 Å². The Morgan fingerprint density at radius 1 is 1.20 bits per heavy atom. The number of hydrogen-bond donors (Lipinski definition) is 1. The van der Waals surface area contributed by atoms with Crippen LogP contribution < -0.4 is 5.32 Å². The van der Waals surface area contributed by atoms with Crippen LogP contribution in [0.25, 0.3) is 6.08 Å². The van der Waals surface area contributed by atoms with Crippen molar-refractivity contribution in [2.24, 2.45) is 0 Å². The molecule has 0 unspecified atom stereocenters. The molecule has 4 nitrogen and oxygen atoms in total. The quantitative estimate of drug-likeness (QED) is 0.853. The van der Waals surface area contributed by atoms with E-state index in [2.05, 4.69) is 41.5 Å². The van der Waals surface area contributed by atoms with Gasteiger partial charge < -0.3 is 10.1 Å². The second kappa shape index (κ2) is 8.08. The van der Waals surface area contributed by atoms with Crippen LogP contribution in [0.5, 0.6) is 0 Å². The van der Waals surface area contributed by atoms with Gasteiger partial charge in [0.25, 0.3) is 0 Å². The number of carbonyl (C=O) groups is 1. The van der Waals surface area contributed by atoms with Crippen LogP contribution >= 0.6 is 0 Å². The summed E-state index contributed by atoms with van der Waals surface area (Å²) in [6, 6.07) is 14.1. The Bertz CT molecular complexity index is 735. The maximum absolute atomic E-state index is 12.3. The maximum atomic E-state index is 12.3. The smallest absolute Gasteiger partial charge is 0.244 e. The molecule has 0 spiro atoms. The molecule has 1 aliphatic rings. The molecule has 4 heteroatoms. The lowest BCUT2D eigenvalue weighted by Gasteiger charge is -2.38. The van der Waals surface area contributed by atoms with Crippen molar-refractivity contribution < 1.29 is 9.53 Å². The standard InChI is InChI=1S/C21H24N2O2/c1-17-6-2-3-8-19(17)21(11-14-25-15-12-21)16-23-20(24)10-9-18-7-4-5-13-22-18/h2-10,13H,11-12,14-16H2,1H3,(H,23,24)/b10-9+. The zero-order valence-electron chi connectivity index (χ0n) is 14.6. The van der Waals surface area contributed by atoms with Crippen molar-refractivity contribution in [2.75, 3.05) is 19.8 Å². The van der Waals surface area contributed by atoms with Gasteiger partial charge in [0.1, 0.15) is 0 Å². The number of nitrogens with one attached hydrogen (secondary N) is 1. The largest absolute Gasteiger partial charge is 0.381 e. The molecule has 0 radical (unpaired) electrons. The molecule has 0 aliphatic carbocycles. The van der Waals surface area contributed by atoms with Crippen molar-refractivity contribution in [1.29, 1.82) is 0 Å². The van der Waals surface area contributed by atoms with Crippen LogP contribution in [0.3, 0.4) is 0 Å². The molecular formula is C21H24N2O2. The average Bonchev–Trinajstić information content (AvgIpc) is 2.67. The molecule has 1 fully saturated rings. The first kappa shape index (κ1) is 17.4. The molecule has 1 saturated heterocycles. The van der Waals surface area contributed by atoms with E-state index >= 15 is 0 Å². The predicted molar refractivity (Wildman–Crippen MR) is 99.2 cm³/mol. The fourth-order valence-corrected chi connectivity index (χ4v) is 3.42. The number of aryl methyl sites for hydroxylation is 1. The van der Waals surface area contributed by atoms with E-state index in [1.165, 1.54) is 11.1 Å². The summed E-state index contributed by atoms with van der Waals surface area (Å²) < 4.78 is 5.56. The van der Waals surface area contributed by atoms with E-state index in [1.807, 2.05) is 18.2 Å². The van der Waals surface area contributed by atoms with E-state index in [-0.39, 0.29) is 11.3 Å². The van der Waals surface area contributed by atoms with Gasteiger partial charge in [0.15, 0.2) is 0 Å². The number of hydrogen-bond acceptors (Lipinski definition) is 3. The lowest BCUT2D eigenvalue weighted by Crippen LogP contribution is -2.44. The lowest BCUT2D eigenvalue weighted by atomic mass is 9.72. The summed E-state index contributed by atoms with van der Waals surface area (Å²) in [5.41, 5.74) is 3.30. The third kappa shape index (κ3) is 4.34. The second-order valence-corrected chi connectivity index (χ2v) is 6.51. The van der Waals surface area contributed by atoms with E-state index in [0.717, 1.165) is 31.7 Å². The molecule has 1 amide bonds. The topological polar surface area (TPSA) is 51.2 Å². The SMILES string of the molecule is Cc1ccccc1C1(CNC(=O)/C=C/c2ccccn2)CCOCC1. The van der Waals surface area contributed by atoms with Crippen LogP contribution in [0.15, 0.2) is 54.7 Å². The number of pyridine rings is 1. The Kier molecular flexibility index (Phi) is 5.61. The number of amides is 1. The summed E-state index contributed by atoms with van der Waals surface area (Å²) in [5.74, 6) is -0.0925. The summed E-state index contributed by atoms with van der Waals surface area (Å²) in [5, 5.41) is 3.08. The Morgan fingerprint density at radius 2 is 1.96 bits per heavy atom.